The van der Waals surface area contributed by atoms with Crippen molar-refractivity contribution in [1.82, 2.24) is 25.5 Å². The van der Waals surface area contributed by atoms with Crippen LogP contribution in [0.1, 0.15) is 39.3 Å². The maximum Gasteiger partial charge on any atom is 0.326 e. The second-order valence-corrected chi connectivity index (χ2v) is 7.88. The van der Waals surface area contributed by atoms with Gasteiger partial charge in [-0.1, -0.05) is 13.8 Å². The largest absolute Gasteiger partial charge is 0.480 e. The van der Waals surface area contributed by atoms with Crippen molar-refractivity contribution in [2.45, 2.75) is 64.2 Å². The predicted octanol–water partition coefficient (Wildman–Crippen LogP) is -0.999. The second-order valence-electron chi connectivity index (χ2n) is 7.88. The molecule has 1 aromatic heterocycles. The molecule has 1 aliphatic rings. The maximum absolute atomic E-state index is 12.9. The molecule has 11 nitrogen and oxygen atoms in total. The second kappa shape index (κ2) is 10.2. The van der Waals surface area contributed by atoms with Crippen molar-refractivity contribution >= 4 is 23.7 Å². The summed E-state index contributed by atoms with van der Waals surface area (Å²) in [6, 6.07) is -3.57. The number of carboxylic acids is 1. The number of nitrogens with zero attached hydrogens (tertiary/aromatic N) is 2. The van der Waals surface area contributed by atoms with Gasteiger partial charge in [-0.15, -0.1) is 0 Å². The van der Waals surface area contributed by atoms with E-state index in [0.29, 0.717) is 25.1 Å². The molecule has 0 aromatic carbocycles. The van der Waals surface area contributed by atoms with Crippen molar-refractivity contribution in [1.29, 1.82) is 0 Å². The van der Waals surface area contributed by atoms with E-state index in [4.69, 9.17) is 5.73 Å². The first-order chi connectivity index (χ1) is 14.1. The number of carboxylic acid groups (broad SMARTS) is 1. The number of nitrogens with one attached hydrogen (secondary N) is 3. The van der Waals surface area contributed by atoms with Crippen LogP contribution >= 0.6 is 0 Å². The Balaban J connectivity index is 1.95. The molecule has 2 rings (SSSR count). The Morgan fingerprint density at radius 1 is 1.27 bits per heavy atom. The fourth-order valence-corrected chi connectivity index (χ4v) is 3.37. The van der Waals surface area contributed by atoms with Gasteiger partial charge < -0.3 is 31.4 Å². The van der Waals surface area contributed by atoms with Gasteiger partial charge in [0.05, 0.1) is 12.4 Å². The molecule has 1 saturated heterocycles. The first-order valence-electron chi connectivity index (χ1n) is 9.98. The lowest BCUT2D eigenvalue weighted by atomic mass is 10.0. The van der Waals surface area contributed by atoms with E-state index in [1.807, 2.05) is 0 Å². The van der Waals surface area contributed by atoms with Crippen LogP contribution in [0.15, 0.2) is 12.5 Å². The van der Waals surface area contributed by atoms with Gasteiger partial charge in [-0.05, 0) is 25.7 Å². The molecule has 0 saturated carbocycles. The Bertz CT molecular complexity index is 765. The zero-order valence-corrected chi connectivity index (χ0v) is 17.4. The lowest BCUT2D eigenvalue weighted by Gasteiger charge is -2.30. The number of likely N-dealkylation sites (tertiary alicyclic amines) is 1. The average Bonchev–Trinajstić information content (AvgIpc) is 3.36. The van der Waals surface area contributed by atoms with E-state index < -0.39 is 47.9 Å². The molecular weight excluding hydrogens is 392 g/mol. The topological polar surface area (TPSA) is 171 Å². The Morgan fingerprint density at radius 3 is 2.53 bits per heavy atom. The van der Waals surface area contributed by atoms with Crippen LogP contribution in [0.2, 0.25) is 0 Å². The number of aromatic amines is 1. The summed E-state index contributed by atoms with van der Waals surface area (Å²) in [7, 11) is 0. The maximum atomic E-state index is 12.9. The van der Waals surface area contributed by atoms with Gasteiger partial charge in [0.1, 0.15) is 18.1 Å². The normalized spacial score (nSPS) is 19.2. The number of hydrogen-bond acceptors (Lipinski definition) is 6. The smallest absolute Gasteiger partial charge is 0.326 e. The third-order valence-electron chi connectivity index (χ3n) is 5.13. The van der Waals surface area contributed by atoms with Crippen LogP contribution in [0.3, 0.4) is 0 Å². The highest BCUT2D eigenvalue weighted by Gasteiger charge is 2.39. The van der Waals surface area contributed by atoms with E-state index in [-0.39, 0.29) is 12.3 Å². The number of aliphatic carboxylic acids is 1. The summed E-state index contributed by atoms with van der Waals surface area (Å²) in [6.07, 6.45) is 4.26. The van der Waals surface area contributed by atoms with Crippen LogP contribution in [-0.2, 0) is 25.6 Å². The monoisotopic (exact) mass is 422 g/mol. The molecular formula is C19H30N6O5. The van der Waals surface area contributed by atoms with Crippen molar-refractivity contribution in [2.24, 2.45) is 11.7 Å². The molecule has 4 atom stereocenters. The number of rotatable bonds is 9. The Kier molecular flexibility index (Phi) is 7.93. The first-order valence-corrected chi connectivity index (χ1v) is 9.98. The number of nitrogens with two attached hydrogens (primary N) is 1. The summed E-state index contributed by atoms with van der Waals surface area (Å²) in [6.45, 7) is 5.36. The summed E-state index contributed by atoms with van der Waals surface area (Å²) in [5, 5.41) is 14.5. The highest BCUT2D eigenvalue weighted by atomic mass is 16.4. The van der Waals surface area contributed by atoms with Crippen LogP contribution in [0.4, 0.5) is 0 Å². The van der Waals surface area contributed by atoms with Crippen LogP contribution in [-0.4, -0.2) is 74.4 Å². The molecule has 2 heterocycles. The molecule has 0 aliphatic carbocycles. The Labute approximate surface area is 174 Å². The van der Waals surface area contributed by atoms with Gasteiger partial charge in [-0.25, -0.2) is 9.78 Å². The molecule has 11 heteroatoms. The fourth-order valence-electron chi connectivity index (χ4n) is 3.37. The van der Waals surface area contributed by atoms with Crippen LogP contribution in [0.25, 0.3) is 0 Å². The van der Waals surface area contributed by atoms with Crippen molar-refractivity contribution in [2.75, 3.05) is 6.54 Å². The first kappa shape index (κ1) is 23.3. The molecule has 1 aromatic rings. The molecule has 0 bridgehead atoms. The molecule has 6 N–H and O–H groups in total. The van der Waals surface area contributed by atoms with E-state index in [1.54, 1.807) is 20.0 Å². The number of carbonyl (C=O) groups excluding carboxylic acids is 3. The molecule has 30 heavy (non-hydrogen) atoms. The van der Waals surface area contributed by atoms with Gasteiger partial charge in [-0.3, -0.25) is 14.4 Å². The number of H-pyrrole nitrogens is 1. The van der Waals surface area contributed by atoms with Gasteiger partial charge in [0, 0.05) is 24.9 Å². The Hall–Kier alpha value is -2.95. The molecule has 4 unspecified atom stereocenters. The molecule has 166 valence electrons. The van der Waals surface area contributed by atoms with E-state index in [0.717, 1.165) is 0 Å². The molecule has 1 fully saturated rings. The van der Waals surface area contributed by atoms with E-state index in [1.165, 1.54) is 18.2 Å². The lowest BCUT2D eigenvalue weighted by molar-refractivity contribution is -0.150. The molecule has 0 radical (unpaired) electrons. The number of amides is 3. The highest BCUT2D eigenvalue weighted by Crippen LogP contribution is 2.20. The van der Waals surface area contributed by atoms with Gasteiger partial charge in [-0.2, -0.15) is 0 Å². The third-order valence-corrected chi connectivity index (χ3v) is 5.13. The quantitative estimate of drug-likeness (QED) is 0.340. The summed E-state index contributed by atoms with van der Waals surface area (Å²) < 4.78 is 0. The van der Waals surface area contributed by atoms with Gasteiger partial charge in [0.15, 0.2) is 0 Å². The summed E-state index contributed by atoms with van der Waals surface area (Å²) in [5.74, 6) is -2.80. The summed E-state index contributed by atoms with van der Waals surface area (Å²) in [5.41, 5.74) is 6.57. The minimum absolute atomic E-state index is 0.235. The molecule has 3 amide bonds. The number of carbonyl (C=O) groups is 4. The van der Waals surface area contributed by atoms with E-state index >= 15 is 0 Å². The molecule has 1 aliphatic heterocycles. The zero-order valence-electron chi connectivity index (χ0n) is 17.4. The van der Waals surface area contributed by atoms with E-state index in [2.05, 4.69) is 20.6 Å². The van der Waals surface area contributed by atoms with Gasteiger partial charge >= 0.3 is 5.97 Å². The van der Waals surface area contributed by atoms with Crippen molar-refractivity contribution in [3.63, 3.8) is 0 Å². The number of hydrogen-bond donors (Lipinski definition) is 5. The van der Waals surface area contributed by atoms with Crippen molar-refractivity contribution in [3.8, 4) is 0 Å². The van der Waals surface area contributed by atoms with Crippen molar-refractivity contribution < 1.29 is 24.3 Å². The van der Waals surface area contributed by atoms with Crippen LogP contribution in [0, 0.1) is 5.92 Å². The third kappa shape index (κ3) is 5.78. The van der Waals surface area contributed by atoms with Gasteiger partial charge in [0.25, 0.3) is 0 Å². The summed E-state index contributed by atoms with van der Waals surface area (Å²) in [4.78, 5) is 57.2. The standard InChI is InChI=1S/C19H30N6O5/c1-10(2)15(18(28)25-6-4-5-14(25)19(29)30)24-16(26)11(3)23-17(27)13(20)7-12-8-21-9-22-12/h8-11,13-15H,4-7,20H2,1-3H3,(H,21,22)(H,23,27)(H,24,26)(H,29,30). The minimum Gasteiger partial charge on any atom is -0.480 e. The fraction of sp³-hybridized carbons (Fsp3) is 0.632. The lowest BCUT2D eigenvalue weighted by Crippen LogP contribution is -2.58. The molecule has 0 spiro atoms. The van der Waals surface area contributed by atoms with Crippen molar-refractivity contribution in [3.05, 3.63) is 18.2 Å². The van der Waals surface area contributed by atoms with Crippen LogP contribution < -0.4 is 16.4 Å². The van der Waals surface area contributed by atoms with Crippen LogP contribution in [0.5, 0.6) is 0 Å². The number of imidazole rings is 1. The average molecular weight is 422 g/mol. The predicted molar refractivity (Wildman–Crippen MR) is 107 cm³/mol. The number of aromatic nitrogens is 2. The zero-order chi connectivity index (χ0) is 22.4. The SMILES string of the molecule is CC(NC(=O)C(N)Cc1cnc[nH]1)C(=O)NC(C(=O)N1CCCC1C(=O)O)C(C)C. The minimum atomic E-state index is -1.05. The van der Waals surface area contributed by atoms with E-state index in [9.17, 15) is 24.3 Å². The Morgan fingerprint density at radius 2 is 1.97 bits per heavy atom. The highest BCUT2D eigenvalue weighted by molar-refractivity contribution is 5.94. The van der Waals surface area contributed by atoms with Gasteiger partial charge in [0.2, 0.25) is 17.7 Å². The summed E-state index contributed by atoms with van der Waals surface area (Å²) >= 11 is 0.